The lowest BCUT2D eigenvalue weighted by molar-refractivity contribution is 0.293. The molecule has 0 bridgehead atoms. The molecule has 0 fully saturated rings. The molecule has 0 spiro atoms. The normalized spacial score (nSPS) is 13.4. The van der Waals surface area contributed by atoms with Gasteiger partial charge in [-0.25, -0.2) is 0 Å². The standard InChI is InChI=1S/C14H19ClN2OS/c1-2-4-17(9-13(16)19)8-11-7-12(15)6-10-3-5-18-14(10)11/h6-7H,2-5,8-9H2,1H3,(H2,16,19). The first-order valence-corrected chi connectivity index (χ1v) is 7.33. The van der Waals surface area contributed by atoms with Crippen molar-refractivity contribution in [2.75, 3.05) is 19.7 Å². The van der Waals surface area contributed by atoms with E-state index in [-0.39, 0.29) is 0 Å². The van der Waals surface area contributed by atoms with Gasteiger partial charge in [0.25, 0.3) is 0 Å². The Morgan fingerprint density at radius 3 is 3.00 bits per heavy atom. The number of halogens is 1. The van der Waals surface area contributed by atoms with Gasteiger partial charge in [0.15, 0.2) is 0 Å². The van der Waals surface area contributed by atoms with Gasteiger partial charge in [0.1, 0.15) is 5.75 Å². The van der Waals surface area contributed by atoms with Gasteiger partial charge in [0.2, 0.25) is 0 Å². The van der Waals surface area contributed by atoms with Gasteiger partial charge < -0.3 is 10.5 Å². The largest absolute Gasteiger partial charge is 0.493 e. The summed E-state index contributed by atoms with van der Waals surface area (Å²) in [5.41, 5.74) is 7.98. The van der Waals surface area contributed by atoms with Crippen LogP contribution in [0.1, 0.15) is 24.5 Å². The van der Waals surface area contributed by atoms with E-state index in [1.54, 1.807) is 0 Å². The topological polar surface area (TPSA) is 38.5 Å². The van der Waals surface area contributed by atoms with Crippen molar-refractivity contribution in [2.24, 2.45) is 5.73 Å². The third-order valence-electron chi connectivity index (χ3n) is 3.14. The van der Waals surface area contributed by atoms with E-state index in [0.717, 1.165) is 48.9 Å². The van der Waals surface area contributed by atoms with Crippen molar-refractivity contribution in [1.29, 1.82) is 0 Å². The lowest BCUT2D eigenvalue weighted by Gasteiger charge is -2.22. The van der Waals surface area contributed by atoms with E-state index in [1.807, 2.05) is 12.1 Å². The molecule has 0 atom stereocenters. The van der Waals surface area contributed by atoms with Crippen LogP contribution in [0.3, 0.4) is 0 Å². The predicted molar refractivity (Wildman–Crippen MR) is 83.0 cm³/mol. The zero-order chi connectivity index (χ0) is 13.8. The maximum Gasteiger partial charge on any atom is 0.127 e. The number of nitrogens with zero attached hydrogens (tertiary/aromatic N) is 1. The number of benzene rings is 1. The van der Waals surface area contributed by atoms with Gasteiger partial charge in [-0.05, 0) is 30.7 Å². The molecule has 1 heterocycles. The molecule has 0 saturated heterocycles. The molecule has 1 aromatic rings. The van der Waals surface area contributed by atoms with Crippen molar-refractivity contribution in [3.63, 3.8) is 0 Å². The summed E-state index contributed by atoms with van der Waals surface area (Å²) >= 11 is 11.2. The molecule has 0 aliphatic carbocycles. The van der Waals surface area contributed by atoms with Crippen molar-refractivity contribution in [1.82, 2.24) is 4.90 Å². The monoisotopic (exact) mass is 298 g/mol. The van der Waals surface area contributed by atoms with Gasteiger partial charge in [-0.1, -0.05) is 30.7 Å². The molecule has 0 saturated carbocycles. The van der Waals surface area contributed by atoms with Crippen LogP contribution < -0.4 is 10.5 Å². The van der Waals surface area contributed by atoms with E-state index in [1.165, 1.54) is 5.56 Å². The van der Waals surface area contributed by atoms with Crippen LogP contribution in [0.5, 0.6) is 5.75 Å². The van der Waals surface area contributed by atoms with E-state index in [0.29, 0.717) is 11.5 Å². The third-order valence-corrected chi connectivity index (χ3v) is 3.49. The summed E-state index contributed by atoms with van der Waals surface area (Å²) < 4.78 is 5.72. The number of fused-ring (bicyclic) bond motifs is 1. The fraction of sp³-hybridized carbons (Fsp3) is 0.500. The van der Waals surface area contributed by atoms with E-state index in [4.69, 9.17) is 34.3 Å². The van der Waals surface area contributed by atoms with Gasteiger partial charge in [0, 0.05) is 30.1 Å². The average Bonchev–Trinajstić information content (AvgIpc) is 2.76. The molecule has 2 N–H and O–H groups in total. The molecule has 0 unspecified atom stereocenters. The second-order valence-corrected chi connectivity index (χ2v) is 5.79. The Morgan fingerprint density at radius 1 is 1.53 bits per heavy atom. The third kappa shape index (κ3) is 3.81. The minimum atomic E-state index is 0.521. The van der Waals surface area contributed by atoms with Gasteiger partial charge >= 0.3 is 0 Å². The molecular formula is C14H19ClN2OS. The minimum Gasteiger partial charge on any atom is -0.493 e. The van der Waals surface area contributed by atoms with E-state index in [9.17, 15) is 0 Å². The molecule has 19 heavy (non-hydrogen) atoms. The second-order valence-electron chi connectivity index (χ2n) is 4.83. The van der Waals surface area contributed by atoms with Crippen molar-refractivity contribution in [2.45, 2.75) is 26.3 Å². The summed E-state index contributed by atoms with van der Waals surface area (Å²) in [6.45, 7) is 5.24. The Bertz CT molecular complexity index is 479. The molecule has 0 amide bonds. The summed E-state index contributed by atoms with van der Waals surface area (Å²) in [5, 5.41) is 0.769. The average molecular weight is 299 g/mol. The Kier molecular flexibility index (Phi) is 5.02. The molecule has 2 rings (SSSR count). The van der Waals surface area contributed by atoms with E-state index >= 15 is 0 Å². The van der Waals surface area contributed by atoms with Crippen molar-refractivity contribution in [3.05, 3.63) is 28.3 Å². The molecule has 5 heteroatoms. The highest BCUT2D eigenvalue weighted by Gasteiger charge is 2.19. The summed E-state index contributed by atoms with van der Waals surface area (Å²) in [6.07, 6.45) is 2.00. The van der Waals surface area contributed by atoms with Crippen LogP contribution in [0.2, 0.25) is 5.02 Å². The molecule has 1 aromatic carbocycles. The fourth-order valence-electron chi connectivity index (χ4n) is 2.46. The number of hydrogen-bond donors (Lipinski definition) is 1. The van der Waals surface area contributed by atoms with Crippen molar-refractivity contribution >= 4 is 28.8 Å². The summed E-state index contributed by atoms with van der Waals surface area (Å²) in [5.74, 6) is 0.994. The molecule has 3 nitrogen and oxygen atoms in total. The van der Waals surface area contributed by atoms with Crippen LogP contribution in [-0.2, 0) is 13.0 Å². The smallest absolute Gasteiger partial charge is 0.127 e. The summed E-state index contributed by atoms with van der Waals surface area (Å²) in [6, 6.07) is 3.97. The van der Waals surface area contributed by atoms with Crippen LogP contribution in [0.4, 0.5) is 0 Å². The van der Waals surface area contributed by atoms with Crippen molar-refractivity contribution in [3.8, 4) is 5.75 Å². The molecule has 104 valence electrons. The maximum atomic E-state index is 6.17. The number of hydrogen-bond acceptors (Lipinski definition) is 3. The quantitative estimate of drug-likeness (QED) is 0.820. The van der Waals surface area contributed by atoms with Gasteiger partial charge in [0.05, 0.1) is 11.6 Å². The minimum absolute atomic E-state index is 0.521. The van der Waals surface area contributed by atoms with Gasteiger partial charge in [-0.2, -0.15) is 0 Å². The van der Waals surface area contributed by atoms with Crippen LogP contribution in [0.25, 0.3) is 0 Å². The number of rotatable bonds is 6. The number of thiocarbonyl (C=S) groups is 1. The van der Waals surface area contributed by atoms with Crippen LogP contribution >= 0.6 is 23.8 Å². The van der Waals surface area contributed by atoms with Gasteiger partial charge in [-0.15, -0.1) is 0 Å². The first-order chi connectivity index (χ1) is 9.10. The first-order valence-electron chi connectivity index (χ1n) is 6.55. The zero-order valence-corrected chi connectivity index (χ0v) is 12.7. The Morgan fingerprint density at radius 2 is 2.32 bits per heavy atom. The molecule has 1 aliphatic rings. The molecule has 0 radical (unpaired) electrons. The maximum absolute atomic E-state index is 6.17. The fourth-order valence-corrected chi connectivity index (χ4v) is 2.90. The van der Waals surface area contributed by atoms with Crippen LogP contribution in [0.15, 0.2) is 12.1 Å². The van der Waals surface area contributed by atoms with Crippen LogP contribution in [-0.4, -0.2) is 29.6 Å². The molecule has 1 aliphatic heterocycles. The number of nitrogens with two attached hydrogens (primary N) is 1. The Hall–Kier alpha value is -0.840. The lowest BCUT2D eigenvalue weighted by Crippen LogP contribution is -2.33. The summed E-state index contributed by atoms with van der Waals surface area (Å²) in [7, 11) is 0. The first kappa shape index (κ1) is 14.6. The summed E-state index contributed by atoms with van der Waals surface area (Å²) in [4.78, 5) is 2.75. The number of ether oxygens (including phenoxy) is 1. The molecular weight excluding hydrogens is 280 g/mol. The second kappa shape index (κ2) is 6.55. The van der Waals surface area contributed by atoms with Crippen LogP contribution in [0, 0.1) is 0 Å². The lowest BCUT2D eigenvalue weighted by atomic mass is 10.1. The molecule has 0 aromatic heterocycles. The SMILES string of the molecule is CCCN(CC(N)=S)Cc1cc(Cl)cc2c1OCC2. The Labute approximate surface area is 124 Å². The van der Waals surface area contributed by atoms with Gasteiger partial charge in [-0.3, -0.25) is 4.90 Å². The zero-order valence-electron chi connectivity index (χ0n) is 11.1. The van der Waals surface area contributed by atoms with E-state index < -0.39 is 0 Å². The van der Waals surface area contributed by atoms with E-state index in [2.05, 4.69) is 11.8 Å². The predicted octanol–water partition coefficient (Wildman–Crippen LogP) is 2.77. The highest BCUT2D eigenvalue weighted by atomic mass is 35.5. The Balaban J connectivity index is 2.19. The highest BCUT2D eigenvalue weighted by Crippen LogP contribution is 2.33. The highest BCUT2D eigenvalue weighted by molar-refractivity contribution is 7.80. The van der Waals surface area contributed by atoms with Crippen molar-refractivity contribution < 1.29 is 4.74 Å².